The summed E-state index contributed by atoms with van der Waals surface area (Å²) in [5, 5.41) is 6.55. The Bertz CT molecular complexity index is 744. The van der Waals surface area contributed by atoms with E-state index in [4.69, 9.17) is 11.6 Å². The second-order valence-electron chi connectivity index (χ2n) is 5.46. The van der Waals surface area contributed by atoms with E-state index in [2.05, 4.69) is 10.6 Å². The first-order valence-corrected chi connectivity index (χ1v) is 7.69. The van der Waals surface area contributed by atoms with Crippen LogP contribution < -0.4 is 10.6 Å². The Balaban J connectivity index is 2.03. The number of carbonyl (C=O) groups is 2. The van der Waals surface area contributed by atoms with E-state index in [9.17, 15) is 9.59 Å². The van der Waals surface area contributed by atoms with Crippen LogP contribution in [0, 0.1) is 6.92 Å². The van der Waals surface area contributed by atoms with E-state index in [1.165, 1.54) is 6.92 Å². The molecular weight excluding hydrogens is 312 g/mol. The summed E-state index contributed by atoms with van der Waals surface area (Å²) in [6.45, 7) is 5.18. The highest BCUT2D eigenvalue weighted by Gasteiger charge is 2.13. The number of benzene rings is 2. The van der Waals surface area contributed by atoms with Crippen molar-refractivity contribution in [3.05, 3.63) is 58.6 Å². The third-order valence-corrected chi connectivity index (χ3v) is 3.89. The Morgan fingerprint density at radius 1 is 1.09 bits per heavy atom. The van der Waals surface area contributed by atoms with Crippen LogP contribution in [0.1, 0.15) is 29.8 Å². The Morgan fingerprint density at radius 3 is 2.48 bits per heavy atom. The third-order valence-electron chi connectivity index (χ3n) is 3.48. The fourth-order valence-corrected chi connectivity index (χ4v) is 2.25. The molecule has 0 aliphatic heterocycles. The highest BCUT2D eigenvalue weighted by Crippen LogP contribution is 2.20. The van der Waals surface area contributed by atoms with E-state index in [0.717, 1.165) is 11.3 Å². The number of Topliss-reactive ketones (excluding diaryl/α,β-unsaturated/α-hetero) is 1. The topological polar surface area (TPSA) is 58.2 Å². The minimum Gasteiger partial charge on any atom is -0.374 e. The van der Waals surface area contributed by atoms with Crippen LogP contribution in [0.3, 0.4) is 0 Å². The smallest absolute Gasteiger partial charge is 0.246 e. The number of anilines is 2. The fraction of sp³-hybridized carbons (Fsp3) is 0.222. The molecule has 2 aromatic rings. The molecule has 0 fully saturated rings. The quantitative estimate of drug-likeness (QED) is 0.804. The van der Waals surface area contributed by atoms with Gasteiger partial charge in [0.15, 0.2) is 5.78 Å². The van der Waals surface area contributed by atoms with Crippen LogP contribution in [-0.4, -0.2) is 17.7 Å². The zero-order valence-electron chi connectivity index (χ0n) is 13.3. The molecule has 0 bridgehead atoms. The molecule has 0 radical (unpaired) electrons. The highest BCUT2D eigenvalue weighted by atomic mass is 35.5. The van der Waals surface area contributed by atoms with E-state index in [1.54, 1.807) is 37.3 Å². The van der Waals surface area contributed by atoms with Crippen LogP contribution in [0.25, 0.3) is 0 Å². The normalized spacial score (nSPS) is 11.7. The lowest BCUT2D eigenvalue weighted by Gasteiger charge is -2.16. The molecule has 0 aromatic heterocycles. The van der Waals surface area contributed by atoms with Crippen molar-refractivity contribution in [1.29, 1.82) is 0 Å². The Hall–Kier alpha value is -2.33. The molecule has 23 heavy (non-hydrogen) atoms. The van der Waals surface area contributed by atoms with E-state index in [-0.39, 0.29) is 11.7 Å². The van der Waals surface area contributed by atoms with Crippen LogP contribution in [0.5, 0.6) is 0 Å². The molecule has 1 unspecified atom stereocenters. The van der Waals surface area contributed by atoms with Crippen LogP contribution in [0.4, 0.5) is 11.4 Å². The third kappa shape index (κ3) is 4.57. The lowest BCUT2D eigenvalue weighted by molar-refractivity contribution is -0.116. The molecule has 1 atom stereocenters. The summed E-state index contributed by atoms with van der Waals surface area (Å²) in [4.78, 5) is 23.6. The van der Waals surface area contributed by atoms with Crippen molar-refractivity contribution in [2.75, 3.05) is 10.6 Å². The molecular formula is C18H19ClN2O2. The summed E-state index contributed by atoms with van der Waals surface area (Å²) in [6.07, 6.45) is 0. The minimum absolute atomic E-state index is 0.0402. The van der Waals surface area contributed by atoms with Gasteiger partial charge in [0.05, 0.1) is 0 Å². The van der Waals surface area contributed by atoms with Crippen molar-refractivity contribution in [2.24, 2.45) is 0 Å². The maximum absolute atomic E-state index is 12.3. The molecule has 0 spiro atoms. The first-order valence-electron chi connectivity index (χ1n) is 7.31. The fourth-order valence-electron chi connectivity index (χ4n) is 2.06. The van der Waals surface area contributed by atoms with Crippen molar-refractivity contribution < 1.29 is 9.59 Å². The van der Waals surface area contributed by atoms with Crippen LogP contribution in [0.2, 0.25) is 5.02 Å². The van der Waals surface area contributed by atoms with Gasteiger partial charge in [0.1, 0.15) is 6.04 Å². The van der Waals surface area contributed by atoms with Crippen LogP contribution >= 0.6 is 11.6 Å². The van der Waals surface area contributed by atoms with Gasteiger partial charge in [-0.2, -0.15) is 0 Å². The van der Waals surface area contributed by atoms with Gasteiger partial charge in [-0.15, -0.1) is 0 Å². The van der Waals surface area contributed by atoms with Gasteiger partial charge in [0.2, 0.25) is 5.91 Å². The maximum Gasteiger partial charge on any atom is 0.246 e. The average molecular weight is 331 g/mol. The monoisotopic (exact) mass is 330 g/mol. The van der Waals surface area contributed by atoms with Gasteiger partial charge in [-0.3, -0.25) is 9.59 Å². The van der Waals surface area contributed by atoms with Gasteiger partial charge in [0.25, 0.3) is 0 Å². The molecule has 2 N–H and O–H groups in total. The summed E-state index contributed by atoms with van der Waals surface area (Å²) in [7, 11) is 0. The number of halogens is 1. The summed E-state index contributed by atoms with van der Waals surface area (Å²) < 4.78 is 0. The number of rotatable bonds is 5. The van der Waals surface area contributed by atoms with Gasteiger partial charge < -0.3 is 10.6 Å². The van der Waals surface area contributed by atoms with Gasteiger partial charge >= 0.3 is 0 Å². The summed E-state index contributed by atoms with van der Waals surface area (Å²) in [5.74, 6) is -0.232. The van der Waals surface area contributed by atoms with Gasteiger partial charge in [-0.05, 0) is 50.6 Å². The summed E-state index contributed by atoms with van der Waals surface area (Å²) in [5.41, 5.74) is 2.92. The number of carbonyl (C=O) groups excluding carboxylic acids is 2. The van der Waals surface area contributed by atoms with E-state index < -0.39 is 6.04 Å². The second kappa shape index (κ2) is 7.29. The number of amides is 1. The van der Waals surface area contributed by atoms with Gasteiger partial charge in [-0.1, -0.05) is 29.8 Å². The standard InChI is InChI=1S/C18H19ClN2O2/c1-11-7-8-16(10-17(11)19)20-12(2)18(23)21-15-6-4-5-14(9-15)13(3)22/h4-10,12,20H,1-3H3,(H,21,23). The molecule has 2 rings (SSSR count). The van der Waals surface area contributed by atoms with Crippen molar-refractivity contribution in [2.45, 2.75) is 26.8 Å². The molecule has 2 aromatic carbocycles. The van der Waals surface area contributed by atoms with Crippen molar-refractivity contribution in [1.82, 2.24) is 0 Å². The number of ketones is 1. The summed E-state index contributed by atoms with van der Waals surface area (Å²) in [6, 6.07) is 12.0. The predicted molar refractivity (Wildman–Crippen MR) is 94.3 cm³/mol. The molecule has 120 valence electrons. The molecule has 0 aliphatic carbocycles. The predicted octanol–water partition coefficient (Wildman–Crippen LogP) is 4.29. The Labute approximate surface area is 140 Å². The van der Waals surface area contributed by atoms with Crippen molar-refractivity contribution >= 4 is 34.7 Å². The highest BCUT2D eigenvalue weighted by molar-refractivity contribution is 6.31. The Morgan fingerprint density at radius 2 is 1.83 bits per heavy atom. The molecule has 5 heteroatoms. The van der Waals surface area contributed by atoms with Crippen molar-refractivity contribution in [3.8, 4) is 0 Å². The van der Waals surface area contributed by atoms with E-state index in [0.29, 0.717) is 16.3 Å². The Kier molecular flexibility index (Phi) is 5.40. The zero-order chi connectivity index (χ0) is 17.0. The SMILES string of the molecule is CC(=O)c1cccc(NC(=O)C(C)Nc2ccc(C)c(Cl)c2)c1. The number of hydrogen-bond acceptors (Lipinski definition) is 3. The number of nitrogens with one attached hydrogen (secondary N) is 2. The molecule has 4 nitrogen and oxygen atoms in total. The van der Waals surface area contributed by atoms with E-state index >= 15 is 0 Å². The number of hydrogen-bond donors (Lipinski definition) is 2. The van der Waals surface area contributed by atoms with Gasteiger partial charge in [0, 0.05) is 22.0 Å². The first kappa shape index (κ1) is 17.0. The molecule has 0 heterocycles. The molecule has 0 aliphatic rings. The first-order chi connectivity index (χ1) is 10.9. The van der Waals surface area contributed by atoms with Crippen LogP contribution in [-0.2, 0) is 4.79 Å². The molecule has 0 saturated heterocycles. The maximum atomic E-state index is 12.3. The zero-order valence-corrected chi connectivity index (χ0v) is 14.1. The van der Waals surface area contributed by atoms with Crippen molar-refractivity contribution in [3.63, 3.8) is 0 Å². The lowest BCUT2D eigenvalue weighted by atomic mass is 10.1. The van der Waals surface area contributed by atoms with Crippen LogP contribution in [0.15, 0.2) is 42.5 Å². The lowest BCUT2D eigenvalue weighted by Crippen LogP contribution is -2.31. The summed E-state index contributed by atoms with van der Waals surface area (Å²) >= 11 is 6.08. The largest absolute Gasteiger partial charge is 0.374 e. The van der Waals surface area contributed by atoms with Gasteiger partial charge in [-0.25, -0.2) is 0 Å². The second-order valence-corrected chi connectivity index (χ2v) is 5.86. The number of aryl methyl sites for hydroxylation is 1. The minimum atomic E-state index is -0.449. The average Bonchev–Trinajstić information content (AvgIpc) is 2.51. The van der Waals surface area contributed by atoms with E-state index in [1.807, 2.05) is 19.1 Å². The molecule has 0 saturated carbocycles. The molecule has 1 amide bonds.